The first-order chi connectivity index (χ1) is 8.79. The summed E-state index contributed by atoms with van der Waals surface area (Å²) in [5.74, 6) is 1.84. The van der Waals surface area contributed by atoms with E-state index in [9.17, 15) is 0 Å². The van der Waals surface area contributed by atoms with E-state index in [-0.39, 0.29) is 0 Å². The SMILES string of the molecule is CC(C)CCOCCNCCSc1ccccc1. The van der Waals surface area contributed by atoms with E-state index in [4.69, 9.17) is 4.74 Å². The largest absolute Gasteiger partial charge is 0.380 e. The number of nitrogens with one attached hydrogen (secondary N) is 1. The van der Waals surface area contributed by atoms with Crippen LogP contribution in [0.4, 0.5) is 0 Å². The average Bonchev–Trinajstić information content (AvgIpc) is 2.37. The Kier molecular flexibility index (Phi) is 9.00. The molecule has 1 aromatic carbocycles. The smallest absolute Gasteiger partial charge is 0.0590 e. The van der Waals surface area contributed by atoms with E-state index in [1.54, 1.807) is 0 Å². The van der Waals surface area contributed by atoms with E-state index in [2.05, 4.69) is 49.5 Å². The van der Waals surface area contributed by atoms with E-state index in [0.717, 1.165) is 44.4 Å². The first-order valence-corrected chi connectivity index (χ1v) is 7.74. The average molecular weight is 267 g/mol. The monoisotopic (exact) mass is 267 g/mol. The summed E-state index contributed by atoms with van der Waals surface area (Å²) in [5, 5.41) is 3.40. The number of rotatable bonds is 10. The van der Waals surface area contributed by atoms with Gasteiger partial charge in [-0.1, -0.05) is 32.0 Å². The van der Waals surface area contributed by atoms with Crippen LogP contribution in [0.3, 0.4) is 0 Å². The summed E-state index contributed by atoms with van der Waals surface area (Å²) in [4.78, 5) is 1.34. The highest BCUT2D eigenvalue weighted by Crippen LogP contribution is 2.15. The Morgan fingerprint density at radius 3 is 2.61 bits per heavy atom. The molecule has 102 valence electrons. The van der Waals surface area contributed by atoms with Crippen LogP contribution in [0.15, 0.2) is 35.2 Å². The zero-order valence-corrected chi connectivity index (χ0v) is 12.3. The quantitative estimate of drug-likeness (QED) is 0.518. The van der Waals surface area contributed by atoms with Gasteiger partial charge in [-0.15, -0.1) is 11.8 Å². The summed E-state index contributed by atoms with van der Waals surface area (Å²) in [5.41, 5.74) is 0. The third-order valence-corrected chi connectivity index (χ3v) is 3.57. The molecule has 1 aromatic rings. The third kappa shape index (κ3) is 8.56. The maximum Gasteiger partial charge on any atom is 0.0590 e. The van der Waals surface area contributed by atoms with E-state index < -0.39 is 0 Å². The van der Waals surface area contributed by atoms with Gasteiger partial charge in [-0.2, -0.15) is 0 Å². The molecule has 0 bridgehead atoms. The zero-order chi connectivity index (χ0) is 13.1. The van der Waals surface area contributed by atoms with Crippen molar-refractivity contribution in [1.82, 2.24) is 5.32 Å². The zero-order valence-electron chi connectivity index (χ0n) is 11.5. The van der Waals surface area contributed by atoms with Crippen molar-refractivity contribution in [2.45, 2.75) is 25.2 Å². The van der Waals surface area contributed by atoms with Crippen LogP contribution in [0.2, 0.25) is 0 Å². The van der Waals surface area contributed by atoms with Gasteiger partial charge in [0.05, 0.1) is 6.61 Å². The minimum Gasteiger partial charge on any atom is -0.380 e. The van der Waals surface area contributed by atoms with Crippen molar-refractivity contribution in [2.24, 2.45) is 5.92 Å². The van der Waals surface area contributed by atoms with Gasteiger partial charge in [-0.25, -0.2) is 0 Å². The van der Waals surface area contributed by atoms with Crippen molar-refractivity contribution >= 4 is 11.8 Å². The van der Waals surface area contributed by atoms with Crippen molar-refractivity contribution in [3.63, 3.8) is 0 Å². The molecule has 0 fully saturated rings. The van der Waals surface area contributed by atoms with Gasteiger partial charge in [-0.3, -0.25) is 0 Å². The second-order valence-electron chi connectivity index (χ2n) is 4.71. The molecule has 0 spiro atoms. The summed E-state index contributed by atoms with van der Waals surface area (Å²) in [6.07, 6.45) is 1.16. The lowest BCUT2D eigenvalue weighted by molar-refractivity contribution is 0.126. The molecule has 0 saturated heterocycles. The van der Waals surface area contributed by atoms with Crippen LogP contribution in [0.1, 0.15) is 20.3 Å². The molecule has 0 atom stereocenters. The maximum atomic E-state index is 5.54. The van der Waals surface area contributed by atoms with Gasteiger partial charge in [0, 0.05) is 30.3 Å². The van der Waals surface area contributed by atoms with Gasteiger partial charge in [-0.05, 0) is 24.5 Å². The van der Waals surface area contributed by atoms with Gasteiger partial charge in [0.2, 0.25) is 0 Å². The highest BCUT2D eigenvalue weighted by molar-refractivity contribution is 7.99. The van der Waals surface area contributed by atoms with Crippen molar-refractivity contribution in [3.05, 3.63) is 30.3 Å². The van der Waals surface area contributed by atoms with Crippen LogP contribution >= 0.6 is 11.8 Å². The molecule has 0 saturated carbocycles. The number of hydrogen-bond donors (Lipinski definition) is 1. The molecule has 0 unspecified atom stereocenters. The Morgan fingerprint density at radius 1 is 1.11 bits per heavy atom. The molecule has 18 heavy (non-hydrogen) atoms. The highest BCUT2D eigenvalue weighted by Gasteiger charge is 1.94. The third-order valence-electron chi connectivity index (χ3n) is 2.55. The van der Waals surface area contributed by atoms with Crippen LogP contribution in [0.5, 0.6) is 0 Å². The van der Waals surface area contributed by atoms with Crippen molar-refractivity contribution in [3.8, 4) is 0 Å². The highest BCUT2D eigenvalue weighted by atomic mass is 32.2. The lowest BCUT2D eigenvalue weighted by atomic mass is 10.1. The van der Waals surface area contributed by atoms with Crippen molar-refractivity contribution < 1.29 is 4.74 Å². The Hall–Kier alpha value is -0.510. The number of ether oxygens (including phenoxy) is 1. The lowest BCUT2D eigenvalue weighted by Crippen LogP contribution is -2.22. The van der Waals surface area contributed by atoms with Crippen LogP contribution in [-0.2, 0) is 4.74 Å². The molecular weight excluding hydrogens is 242 g/mol. The molecule has 0 aliphatic carbocycles. The molecule has 3 heteroatoms. The van der Waals surface area contributed by atoms with Gasteiger partial charge < -0.3 is 10.1 Å². The minimum absolute atomic E-state index is 0.736. The predicted octanol–water partition coefficient (Wildman–Crippen LogP) is 3.43. The van der Waals surface area contributed by atoms with Crippen LogP contribution in [0, 0.1) is 5.92 Å². The molecule has 1 N–H and O–H groups in total. The van der Waals surface area contributed by atoms with E-state index in [0.29, 0.717) is 0 Å². The van der Waals surface area contributed by atoms with Crippen molar-refractivity contribution in [1.29, 1.82) is 0 Å². The standard InChI is InChI=1S/C15H25NOS/c1-14(2)8-11-17-12-9-16-10-13-18-15-6-4-3-5-7-15/h3-7,14,16H,8-13H2,1-2H3. The predicted molar refractivity (Wildman–Crippen MR) is 80.3 cm³/mol. The molecular formula is C15H25NOS. The molecule has 1 rings (SSSR count). The number of benzene rings is 1. The first kappa shape index (κ1) is 15.5. The minimum atomic E-state index is 0.736. The summed E-state index contributed by atoms with van der Waals surface area (Å²) < 4.78 is 5.54. The molecule has 0 amide bonds. The van der Waals surface area contributed by atoms with Gasteiger partial charge in [0.25, 0.3) is 0 Å². The molecule has 0 aromatic heterocycles. The second kappa shape index (κ2) is 10.4. The fourth-order valence-corrected chi connectivity index (χ4v) is 2.28. The number of thioether (sulfide) groups is 1. The fraction of sp³-hybridized carbons (Fsp3) is 0.600. The van der Waals surface area contributed by atoms with Gasteiger partial charge in [0.1, 0.15) is 0 Å². The Morgan fingerprint density at radius 2 is 1.89 bits per heavy atom. The molecule has 0 aliphatic rings. The van der Waals surface area contributed by atoms with E-state index in [1.807, 2.05) is 11.8 Å². The Labute approximate surface area is 116 Å². The fourth-order valence-electron chi connectivity index (χ4n) is 1.45. The number of hydrogen-bond acceptors (Lipinski definition) is 3. The van der Waals surface area contributed by atoms with Crippen LogP contribution in [-0.4, -0.2) is 32.1 Å². The maximum absolute atomic E-state index is 5.54. The molecule has 0 aliphatic heterocycles. The van der Waals surface area contributed by atoms with E-state index >= 15 is 0 Å². The summed E-state index contributed by atoms with van der Waals surface area (Å²) in [7, 11) is 0. The van der Waals surface area contributed by atoms with Gasteiger partial charge >= 0.3 is 0 Å². The van der Waals surface area contributed by atoms with E-state index in [1.165, 1.54) is 4.90 Å². The summed E-state index contributed by atoms with van der Waals surface area (Å²) >= 11 is 1.89. The Balaban J connectivity index is 1.84. The topological polar surface area (TPSA) is 21.3 Å². The normalized spacial score (nSPS) is 11.1. The first-order valence-electron chi connectivity index (χ1n) is 6.75. The summed E-state index contributed by atoms with van der Waals surface area (Å²) in [6, 6.07) is 10.5. The van der Waals surface area contributed by atoms with Crippen LogP contribution in [0.25, 0.3) is 0 Å². The molecule has 0 heterocycles. The molecule has 2 nitrogen and oxygen atoms in total. The van der Waals surface area contributed by atoms with Crippen molar-refractivity contribution in [2.75, 3.05) is 32.1 Å². The summed E-state index contributed by atoms with van der Waals surface area (Å²) in [6.45, 7) is 8.15. The molecule has 0 radical (unpaired) electrons. The van der Waals surface area contributed by atoms with Gasteiger partial charge in [0.15, 0.2) is 0 Å². The Bertz CT molecular complexity index is 290. The lowest BCUT2D eigenvalue weighted by Gasteiger charge is -2.07. The van der Waals surface area contributed by atoms with Crippen LogP contribution < -0.4 is 5.32 Å². The second-order valence-corrected chi connectivity index (χ2v) is 5.87.